The molecule has 4 heteroatoms. The van der Waals surface area contributed by atoms with Crippen molar-refractivity contribution in [3.63, 3.8) is 0 Å². The minimum absolute atomic E-state index is 0.407. The minimum Gasteiger partial charge on any atom is -0.385 e. The molecule has 0 radical (unpaired) electrons. The normalized spacial score (nSPS) is 19.4. The first-order valence-corrected chi connectivity index (χ1v) is 5.44. The van der Waals surface area contributed by atoms with E-state index in [0.29, 0.717) is 25.9 Å². The number of amides is 2. The van der Waals surface area contributed by atoms with Gasteiger partial charge in [-0.05, 0) is 18.4 Å². The second-order valence-electron chi connectivity index (χ2n) is 4.22. The molecule has 16 heavy (non-hydrogen) atoms. The van der Waals surface area contributed by atoms with Gasteiger partial charge in [-0.2, -0.15) is 0 Å². The van der Waals surface area contributed by atoms with E-state index >= 15 is 0 Å². The predicted octanol–water partition coefficient (Wildman–Crippen LogP) is 1.05. The van der Waals surface area contributed by atoms with E-state index in [1.54, 1.807) is 4.90 Å². The number of hydrogen-bond donors (Lipinski definition) is 2. The number of rotatable bonds is 1. The van der Waals surface area contributed by atoms with E-state index in [2.05, 4.69) is 0 Å². The average Bonchev–Trinajstić information content (AvgIpc) is 2.31. The molecule has 2 rings (SSSR count). The zero-order chi connectivity index (χ0) is 11.6. The van der Waals surface area contributed by atoms with E-state index in [-0.39, 0.29) is 0 Å². The van der Waals surface area contributed by atoms with Gasteiger partial charge in [0, 0.05) is 13.1 Å². The van der Waals surface area contributed by atoms with Crippen molar-refractivity contribution in [2.45, 2.75) is 18.4 Å². The molecule has 0 saturated carbocycles. The molecule has 4 nitrogen and oxygen atoms in total. The van der Waals surface area contributed by atoms with E-state index in [1.807, 2.05) is 30.3 Å². The smallest absolute Gasteiger partial charge is 0.314 e. The van der Waals surface area contributed by atoms with Crippen LogP contribution in [0, 0.1) is 0 Å². The fourth-order valence-electron chi connectivity index (χ4n) is 2.13. The van der Waals surface area contributed by atoms with Gasteiger partial charge in [0.25, 0.3) is 0 Å². The van der Waals surface area contributed by atoms with Crippen molar-refractivity contribution >= 4 is 6.03 Å². The zero-order valence-corrected chi connectivity index (χ0v) is 9.10. The Balaban J connectivity index is 2.10. The third-order valence-corrected chi connectivity index (χ3v) is 3.21. The number of urea groups is 1. The first kappa shape index (κ1) is 11.0. The highest BCUT2D eigenvalue weighted by atomic mass is 16.3. The summed E-state index contributed by atoms with van der Waals surface area (Å²) in [4.78, 5) is 12.5. The lowest BCUT2D eigenvalue weighted by Gasteiger charge is -2.37. The quantitative estimate of drug-likeness (QED) is 0.742. The lowest BCUT2D eigenvalue weighted by atomic mass is 9.84. The second-order valence-corrected chi connectivity index (χ2v) is 4.22. The molecule has 1 aromatic carbocycles. The molecule has 0 unspecified atom stereocenters. The SMILES string of the molecule is NC(=O)N1CCC(O)(c2ccccc2)CC1. The first-order valence-electron chi connectivity index (χ1n) is 5.44. The van der Waals surface area contributed by atoms with Gasteiger partial charge in [-0.25, -0.2) is 4.79 Å². The fraction of sp³-hybridized carbons (Fsp3) is 0.417. The number of aliphatic hydroxyl groups is 1. The van der Waals surface area contributed by atoms with Gasteiger partial charge in [0.1, 0.15) is 0 Å². The number of nitrogens with two attached hydrogens (primary N) is 1. The second kappa shape index (κ2) is 4.14. The summed E-state index contributed by atoms with van der Waals surface area (Å²) in [6, 6.07) is 9.17. The molecule has 1 saturated heterocycles. The zero-order valence-electron chi connectivity index (χ0n) is 9.10. The highest BCUT2D eigenvalue weighted by molar-refractivity contribution is 5.72. The number of piperidine rings is 1. The van der Waals surface area contributed by atoms with Crippen LogP contribution in [0.3, 0.4) is 0 Å². The highest BCUT2D eigenvalue weighted by Crippen LogP contribution is 2.32. The van der Waals surface area contributed by atoms with Crippen molar-refractivity contribution in [2.75, 3.05) is 13.1 Å². The highest BCUT2D eigenvalue weighted by Gasteiger charge is 2.34. The van der Waals surface area contributed by atoms with Crippen molar-refractivity contribution < 1.29 is 9.90 Å². The molecule has 1 aromatic rings. The molecule has 2 amide bonds. The molecule has 0 aromatic heterocycles. The van der Waals surface area contributed by atoms with Crippen LogP contribution in [0.4, 0.5) is 4.79 Å². The van der Waals surface area contributed by atoms with Gasteiger partial charge in [0.05, 0.1) is 5.60 Å². The first-order chi connectivity index (χ1) is 7.62. The lowest BCUT2D eigenvalue weighted by molar-refractivity contribution is -0.0160. The Bertz CT molecular complexity index is 370. The van der Waals surface area contributed by atoms with E-state index in [0.717, 1.165) is 5.56 Å². The summed E-state index contributed by atoms with van der Waals surface area (Å²) in [5.41, 5.74) is 5.30. The maximum Gasteiger partial charge on any atom is 0.314 e. The minimum atomic E-state index is -0.812. The summed E-state index contributed by atoms with van der Waals surface area (Å²) >= 11 is 0. The largest absolute Gasteiger partial charge is 0.385 e. The maximum absolute atomic E-state index is 11.0. The van der Waals surface area contributed by atoms with Gasteiger partial charge in [0.2, 0.25) is 0 Å². The predicted molar refractivity (Wildman–Crippen MR) is 60.7 cm³/mol. The molecule has 1 aliphatic heterocycles. The summed E-state index contributed by atoms with van der Waals surface area (Å²) in [7, 11) is 0. The van der Waals surface area contributed by atoms with Crippen LogP contribution in [0.5, 0.6) is 0 Å². The summed E-state index contributed by atoms with van der Waals surface area (Å²) in [6.45, 7) is 1.03. The van der Waals surface area contributed by atoms with Gasteiger partial charge < -0.3 is 15.7 Å². The number of hydrogen-bond acceptors (Lipinski definition) is 2. The molecule has 0 bridgehead atoms. The van der Waals surface area contributed by atoms with Crippen LogP contribution in [-0.4, -0.2) is 29.1 Å². The summed E-state index contributed by atoms with van der Waals surface area (Å²) < 4.78 is 0. The molecule has 0 spiro atoms. The lowest BCUT2D eigenvalue weighted by Crippen LogP contribution is -2.47. The van der Waals surface area contributed by atoms with Crippen LogP contribution < -0.4 is 5.73 Å². The Hall–Kier alpha value is -1.55. The van der Waals surface area contributed by atoms with Crippen LogP contribution >= 0.6 is 0 Å². The van der Waals surface area contributed by atoms with E-state index in [1.165, 1.54) is 0 Å². The average molecular weight is 220 g/mol. The fourth-order valence-corrected chi connectivity index (χ4v) is 2.13. The Morgan fingerprint density at radius 2 is 1.81 bits per heavy atom. The van der Waals surface area contributed by atoms with Crippen LogP contribution in [0.25, 0.3) is 0 Å². The van der Waals surface area contributed by atoms with Gasteiger partial charge in [-0.3, -0.25) is 0 Å². The van der Waals surface area contributed by atoms with Gasteiger partial charge in [0.15, 0.2) is 0 Å². The van der Waals surface area contributed by atoms with E-state index in [9.17, 15) is 9.90 Å². The molecular formula is C12H16N2O2. The number of carbonyl (C=O) groups is 1. The summed E-state index contributed by atoms with van der Waals surface area (Å²) in [6.07, 6.45) is 1.08. The molecule has 1 aliphatic rings. The Kier molecular flexibility index (Phi) is 2.83. The van der Waals surface area contributed by atoms with Crippen LogP contribution in [0.15, 0.2) is 30.3 Å². The van der Waals surface area contributed by atoms with E-state index in [4.69, 9.17) is 5.73 Å². The summed E-state index contributed by atoms with van der Waals surface area (Å²) in [5.74, 6) is 0. The van der Waals surface area contributed by atoms with Gasteiger partial charge in [-0.1, -0.05) is 30.3 Å². The van der Waals surface area contributed by atoms with E-state index < -0.39 is 11.6 Å². The third kappa shape index (κ3) is 2.02. The maximum atomic E-state index is 11.0. The third-order valence-electron chi connectivity index (χ3n) is 3.21. The molecule has 1 heterocycles. The van der Waals surface area contributed by atoms with Crippen LogP contribution in [0.2, 0.25) is 0 Å². The van der Waals surface area contributed by atoms with Crippen molar-refractivity contribution in [3.05, 3.63) is 35.9 Å². The molecule has 1 fully saturated rings. The topological polar surface area (TPSA) is 66.6 Å². The number of likely N-dealkylation sites (tertiary alicyclic amines) is 1. The Morgan fingerprint density at radius 3 is 2.31 bits per heavy atom. The molecular weight excluding hydrogens is 204 g/mol. The number of primary amides is 1. The van der Waals surface area contributed by atoms with Gasteiger partial charge in [-0.15, -0.1) is 0 Å². The monoisotopic (exact) mass is 220 g/mol. The molecule has 86 valence electrons. The molecule has 0 aliphatic carbocycles. The Labute approximate surface area is 94.7 Å². The van der Waals surface area contributed by atoms with Crippen LogP contribution in [-0.2, 0) is 5.60 Å². The van der Waals surface area contributed by atoms with Crippen molar-refractivity contribution in [1.29, 1.82) is 0 Å². The Morgan fingerprint density at radius 1 is 1.25 bits per heavy atom. The van der Waals surface area contributed by atoms with Crippen molar-refractivity contribution in [2.24, 2.45) is 5.73 Å². The summed E-state index contributed by atoms with van der Waals surface area (Å²) in [5, 5.41) is 10.5. The number of nitrogens with zero attached hydrogens (tertiary/aromatic N) is 1. The standard InChI is InChI=1S/C12H16N2O2/c13-11(15)14-8-6-12(16,7-9-14)10-4-2-1-3-5-10/h1-5,16H,6-9H2,(H2,13,15). The number of carbonyl (C=O) groups excluding carboxylic acids is 1. The molecule has 0 atom stereocenters. The van der Waals surface area contributed by atoms with Crippen molar-refractivity contribution in [3.8, 4) is 0 Å². The molecule has 3 N–H and O–H groups in total. The van der Waals surface area contributed by atoms with Crippen LogP contribution in [0.1, 0.15) is 18.4 Å². The van der Waals surface area contributed by atoms with Crippen molar-refractivity contribution in [1.82, 2.24) is 4.90 Å². The van der Waals surface area contributed by atoms with Gasteiger partial charge >= 0.3 is 6.03 Å². The number of benzene rings is 1.